The molecule has 0 bridgehead atoms. The Balaban J connectivity index is 0. The summed E-state index contributed by atoms with van der Waals surface area (Å²) in [4.78, 5) is 67.1. The van der Waals surface area contributed by atoms with Crippen LogP contribution in [0.15, 0.2) is 48.5 Å². The number of halogens is 1. The lowest BCUT2D eigenvalue weighted by atomic mass is 10.1. The summed E-state index contributed by atoms with van der Waals surface area (Å²) >= 11 is 0. The molecule has 13 nitrogen and oxygen atoms in total. The lowest BCUT2D eigenvalue weighted by molar-refractivity contribution is -0.143. The highest BCUT2D eigenvalue weighted by Gasteiger charge is 2.21. The molecule has 2 rings (SSSR count). The fraction of sp³-hybridized carbons (Fsp3) is 0.471. The number of rotatable bonds is 15. The van der Waals surface area contributed by atoms with Crippen LogP contribution in [0.1, 0.15) is 99.8 Å². The maximum Gasteiger partial charge on any atom is 0.335 e. The van der Waals surface area contributed by atoms with Crippen LogP contribution in [0.2, 0.25) is 0 Å². The molecule has 0 unspecified atom stereocenters. The molecular formula is C34H51ClN4O9. The van der Waals surface area contributed by atoms with E-state index in [9.17, 15) is 28.8 Å². The summed E-state index contributed by atoms with van der Waals surface area (Å²) < 4.78 is 9.22. The van der Waals surface area contributed by atoms with E-state index < -0.39 is 24.0 Å². The highest BCUT2D eigenvalue weighted by atomic mass is 35.5. The van der Waals surface area contributed by atoms with Gasteiger partial charge in [0.15, 0.2) is 0 Å². The number of amides is 3. The van der Waals surface area contributed by atoms with Crippen molar-refractivity contribution in [3.63, 3.8) is 0 Å². The second-order valence-electron chi connectivity index (χ2n) is 10.5. The number of carboxylic acid groups (broad SMARTS) is 1. The number of methoxy groups -OCH3 is 2. The molecule has 0 aliphatic heterocycles. The lowest BCUT2D eigenvalue weighted by Crippen LogP contribution is -2.41. The molecule has 0 aromatic heterocycles. The van der Waals surface area contributed by atoms with Gasteiger partial charge in [0.1, 0.15) is 12.1 Å². The van der Waals surface area contributed by atoms with E-state index in [1.807, 2.05) is 0 Å². The Morgan fingerprint density at radius 1 is 0.729 bits per heavy atom. The number of esters is 2. The summed E-state index contributed by atoms with van der Waals surface area (Å²) in [5, 5.41) is 16.4. The van der Waals surface area contributed by atoms with Crippen molar-refractivity contribution in [3.8, 4) is 0 Å². The molecule has 14 heteroatoms. The molecule has 0 fully saturated rings. The molecule has 0 heterocycles. The second kappa shape index (κ2) is 26.6. The average molecular weight is 695 g/mol. The summed E-state index contributed by atoms with van der Waals surface area (Å²) in [5.74, 6) is -2.57. The smallest absolute Gasteiger partial charge is 0.335 e. The molecule has 3 amide bonds. The number of hydrogen-bond acceptors (Lipinski definition) is 9. The number of benzene rings is 2. The third-order valence-electron chi connectivity index (χ3n) is 6.39. The van der Waals surface area contributed by atoms with Crippen LogP contribution in [0.5, 0.6) is 0 Å². The molecule has 2 atom stereocenters. The number of hydrogen-bond donors (Lipinski definition) is 5. The Labute approximate surface area is 289 Å². The first kappa shape index (κ1) is 45.6. The number of aromatic carboxylic acids is 1. The molecule has 0 radical (unpaired) electrons. The largest absolute Gasteiger partial charge is 0.478 e. The van der Waals surface area contributed by atoms with E-state index >= 15 is 0 Å². The molecule has 268 valence electrons. The molecule has 2 aromatic rings. The van der Waals surface area contributed by atoms with Crippen LogP contribution in [0.4, 0.5) is 11.4 Å². The number of anilines is 2. The summed E-state index contributed by atoms with van der Waals surface area (Å²) in [6.07, 6.45) is 7.41. The highest BCUT2D eigenvalue weighted by Crippen LogP contribution is 2.13. The van der Waals surface area contributed by atoms with E-state index in [1.54, 1.807) is 36.4 Å². The molecule has 0 spiro atoms. The number of carbonyl (C=O) groups excluding carboxylic acids is 5. The van der Waals surface area contributed by atoms with Crippen molar-refractivity contribution in [2.45, 2.75) is 91.1 Å². The van der Waals surface area contributed by atoms with E-state index in [0.29, 0.717) is 23.4 Å². The van der Waals surface area contributed by atoms with Gasteiger partial charge in [0, 0.05) is 30.8 Å². The van der Waals surface area contributed by atoms with Crippen LogP contribution in [0, 0.1) is 0 Å². The van der Waals surface area contributed by atoms with Gasteiger partial charge in [-0.3, -0.25) is 19.2 Å². The van der Waals surface area contributed by atoms with Crippen LogP contribution in [-0.2, 0) is 28.7 Å². The highest BCUT2D eigenvalue weighted by molar-refractivity contribution is 5.98. The fourth-order valence-electron chi connectivity index (χ4n) is 3.99. The van der Waals surface area contributed by atoms with Gasteiger partial charge in [0.2, 0.25) is 11.8 Å². The zero-order valence-corrected chi connectivity index (χ0v) is 29.4. The van der Waals surface area contributed by atoms with Crippen LogP contribution in [0.25, 0.3) is 0 Å². The van der Waals surface area contributed by atoms with Gasteiger partial charge in [-0.15, -0.1) is 12.4 Å². The SMILES string of the molecule is CC(=O)Nc1cccc(C(=O)O)c1.CCCCC[C@H](N)C(=O)OC.CCCCC[C@H](NC(=O)c1cccc(NC(C)=O)c1)C(=O)OC.Cl. The minimum absolute atomic E-state index is 0. The number of nitrogens with one attached hydrogen (secondary N) is 3. The maximum atomic E-state index is 12.3. The van der Waals surface area contributed by atoms with Gasteiger partial charge in [0.05, 0.1) is 19.8 Å². The van der Waals surface area contributed by atoms with Crippen molar-refractivity contribution in [2.24, 2.45) is 5.73 Å². The molecule has 48 heavy (non-hydrogen) atoms. The Hall–Kier alpha value is -4.49. The van der Waals surface area contributed by atoms with Gasteiger partial charge in [0.25, 0.3) is 5.91 Å². The minimum Gasteiger partial charge on any atom is -0.478 e. The normalized spacial score (nSPS) is 10.9. The van der Waals surface area contributed by atoms with Crippen molar-refractivity contribution in [1.82, 2.24) is 5.32 Å². The molecule has 0 saturated heterocycles. The average Bonchev–Trinajstić information content (AvgIpc) is 3.03. The molecule has 2 aromatic carbocycles. The zero-order valence-electron chi connectivity index (χ0n) is 28.6. The Morgan fingerprint density at radius 3 is 1.62 bits per heavy atom. The maximum absolute atomic E-state index is 12.3. The summed E-state index contributed by atoms with van der Waals surface area (Å²) in [5.41, 5.74) is 7.05. The summed E-state index contributed by atoms with van der Waals surface area (Å²) in [6.45, 7) is 6.95. The van der Waals surface area contributed by atoms with Crippen molar-refractivity contribution < 1.29 is 43.3 Å². The fourth-order valence-corrected chi connectivity index (χ4v) is 3.99. The third-order valence-corrected chi connectivity index (χ3v) is 6.39. The number of nitrogens with two attached hydrogens (primary N) is 1. The van der Waals surface area contributed by atoms with Gasteiger partial charge < -0.3 is 36.3 Å². The standard InChI is InChI=1S/C17H24N2O4.C9H9NO3.C8H17NO2.ClH/c1-4-5-6-10-15(17(22)23-3)19-16(21)13-8-7-9-14(11-13)18-12(2)20;1-6(11)10-8-4-2-3-7(5-8)9(12)13;1-3-4-5-6-7(9)8(10)11-2;/h7-9,11,15H,4-6,10H2,1-3H3,(H,18,20)(H,19,21);2-5H,1H3,(H,10,11)(H,12,13);7H,3-6,9H2,1-2H3;1H/t15-;;7-;/m0.0./s1. The molecule has 6 N–H and O–H groups in total. The predicted octanol–water partition coefficient (Wildman–Crippen LogP) is 5.33. The molecule has 0 saturated carbocycles. The van der Waals surface area contributed by atoms with E-state index in [1.165, 1.54) is 40.2 Å². The van der Waals surface area contributed by atoms with Gasteiger partial charge in [-0.1, -0.05) is 64.5 Å². The van der Waals surface area contributed by atoms with Crippen LogP contribution >= 0.6 is 12.4 Å². The van der Waals surface area contributed by atoms with Gasteiger partial charge in [-0.05, 0) is 49.2 Å². The van der Waals surface area contributed by atoms with Crippen molar-refractivity contribution >= 4 is 59.4 Å². The molecular weight excluding hydrogens is 644 g/mol. The third kappa shape index (κ3) is 20.6. The first-order chi connectivity index (χ1) is 22.3. The van der Waals surface area contributed by atoms with Crippen molar-refractivity contribution in [3.05, 3.63) is 59.7 Å². The van der Waals surface area contributed by atoms with E-state index in [4.69, 9.17) is 15.6 Å². The number of ether oxygens (including phenoxy) is 2. The monoisotopic (exact) mass is 694 g/mol. The van der Waals surface area contributed by atoms with E-state index in [2.05, 4.69) is 34.5 Å². The number of carboxylic acids is 1. The minimum atomic E-state index is -1.01. The summed E-state index contributed by atoms with van der Waals surface area (Å²) in [6, 6.07) is 11.6. The predicted molar refractivity (Wildman–Crippen MR) is 187 cm³/mol. The van der Waals surface area contributed by atoms with Gasteiger partial charge in [-0.2, -0.15) is 0 Å². The Morgan fingerprint density at radius 2 is 1.19 bits per heavy atom. The summed E-state index contributed by atoms with van der Waals surface area (Å²) in [7, 11) is 2.67. The van der Waals surface area contributed by atoms with Crippen LogP contribution in [0.3, 0.4) is 0 Å². The van der Waals surface area contributed by atoms with E-state index in [-0.39, 0.29) is 41.7 Å². The van der Waals surface area contributed by atoms with Crippen LogP contribution in [-0.4, -0.2) is 67.0 Å². The Kier molecular flexibility index (Phi) is 25.3. The quantitative estimate of drug-likeness (QED) is 0.120. The number of carbonyl (C=O) groups is 6. The second-order valence-corrected chi connectivity index (χ2v) is 10.5. The topological polar surface area (TPSA) is 203 Å². The first-order valence-corrected chi connectivity index (χ1v) is 15.5. The molecule has 0 aliphatic carbocycles. The van der Waals surface area contributed by atoms with Gasteiger partial charge in [-0.25, -0.2) is 9.59 Å². The number of unbranched alkanes of at least 4 members (excludes halogenated alkanes) is 4. The van der Waals surface area contributed by atoms with Crippen molar-refractivity contribution in [2.75, 3.05) is 24.9 Å². The lowest BCUT2D eigenvalue weighted by Gasteiger charge is -2.16. The van der Waals surface area contributed by atoms with Crippen LogP contribution < -0.4 is 21.7 Å². The first-order valence-electron chi connectivity index (χ1n) is 15.5. The zero-order chi connectivity index (χ0) is 35.8. The van der Waals surface area contributed by atoms with Gasteiger partial charge >= 0.3 is 17.9 Å². The Bertz CT molecular complexity index is 1310. The van der Waals surface area contributed by atoms with Crippen molar-refractivity contribution in [1.29, 1.82) is 0 Å². The molecule has 0 aliphatic rings. The van der Waals surface area contributed by atoms with E-state index in [0.717, 1.165) is 44.9 Å².